The number of hydrogen-bond acceptors (Lipinski definition) is 2. The van der Waals surface area contributed by atoms with Gasteiger partial charge in [0.25, 0.3) is 0 Å². The fraction of sp³-hybridized carbons (Fsp3) is 0.263. The van der Waals surface area contributed by atoms with Crippen LogP contribution < -0.4 is 0 Å². The molecule has 3 aliphatic rings. The van der Waals surface area contributed by atoms with Gasteiger partial charge < -0.3 is 0 Å². The van der Waals surface area contributed by atoms with Crippen LogP contribution in [0.3, 0.4) is 0 Å². The van der Waals surface area contributed by atoms with E-state index in [1.54, 1.807) is 0 Å². The molecule has 6 rings (SSSR count). The van der Waals surface area contributed by atoms with E-state index in [1.165, 1.54) is 0 Å². The number of para-hydroxylation sites is 2. The summed E-state index contributed by atoms with van der Waals surface area (Å²) in [5.74, 6) is -3.43. The van der Waals surface area contributed by atoms with Gasteiger partial charge in [0.05, 0.1) is 22.4 Å². The molecule has 4 heteroatoms. The first-order chi connectivity index (χ1) is 11.1. The second kappa shape index (κ2) is 4.34. The Morgan fingerprint density at radius 2 is 1.17 bits per heavy atom. The quantitative estimate of drug-likeness (QED) is 0.605. The average molecular weight is 308 g/mol. The van der Waals surface area contributed by atoms with E-state index in [1.807, 2.05) is 48.5 Å². The van der Waals surface area contributed by atoms with Crippen molar-refractivity contribution in [3.63, 3.8) is 0 Å². The van der Waals surface area contributed by atoms with Crippen LogP contribution >= 0.6 is 0 Å². The summed E-state index contributed by atoms with van der Waals surface area (Å²) < 4.78 is 28.9. The molecule has 0 saturated heterocycles. The summed E-state index contributed by atoms with van der Waals surface area (Å²) in [5.41, 5.74) is 5.02. The van der Waals surface area contributed by atoms with Gasteiger partial charge in [-0.05, 0) is 23.3 Å². The van der Waals surface area contributed by atoms with Gasteiger partial charge in [-0.15, -0.1) is 0 Å². The van der Waals surface area contributed by atoms with Gasteiger partial charge in [-0.1, -0.05) is 36.4 Å². The molecule has 3 aliphatic carbocycles. The lowest BCUT2D eigenvalue weighted by molar-refractivity contribution is -0.0178. The molecule has 1 aromatic heterocycles. The smallest absolute Gasteiger partial charge is 0.249 e. The highest BCUT2D eigenvalue weighted by molar-refractivity contribution is 5.75. The number of hydrogen-bond donors (Lipinski definition) is 0. The fourth-order valence-corrected chi connectivity index (χ4v) is 4.07. The molecule has 2 nitrogen and oxygen atoms in total. The number of fused-ring (bicyclic) bond motifs is 3. The summed E-state index contributed by atoms with van der Waals surface area (Å²) in [6.07, 6.45) is -0.360. The van der Waals surface area contributed by atoms with E-state index >= 15 is 0 Å². The first kappa shape index (κ1) is 13.1. The Morgan fingerprint density at radius 1 is 0.739 bits per heavy atom. The SMILES string of the molecule is FC1(F)CC2c3ccccc3C(C1)c1nc3ccccc3nc12. The molecule has 2 unspecified atom stereocenters. The third-order valence-corrected chi connectivity index (χ3v) is 5.04. The van der Waals surface area contributed by atoms with Gasteiger partial charge in [0.1, 0.15) is 0 Å². The third kappa shape index (κ3) is 1.84. The number of alkyl halides is 2. The maximum atomic E-state index is 14.4. The largest absolute Gasteiger partial charge is 0.250 e. The van der Waals surface area contributed by atoms with Crippen molar-refractivity contribution in [3.8, 4) is 0 Å². The third-order valence-electron chi connectivity index (χ3n) is 5.04. The van der Waals surface area contributed by atoms with Crippen molar-refractivity contribution in [2.75, 3.05) is 0 Å². The van der Waals surface area contributed by atoms with Crippen LogP contribution in [0.4, 0.5) is 8.78 Å². The monoisotopic (exact) mass is 308 g/mol. The summed E-state index contributed by atoms with van der Waals surface area (Å²) in [5, 5.41) is 0. The van der Waals surface area contributed by atoms with E-state index in [0.717, 1.165) is 33.5 Å². The maximum Gasteiger partial charge on any atom is 0.250 e. The van der Waals surface area contributed by atoms with Crippen LogP contribution in [0.1, 0.15) is 47.2 Å². The summed E-state index contributed by atoms with van der Waals surface area (Å²) in [6.45, 7) is 0. The Labute approximate surface area is 132 Å². The maximum absolute atomic E-state index is 14.4. The number of nitrogens with zero attached hydrogens (tertiary/aromatic N) is 2. The lowest BCUT2D eigenvalue weighted by Crippen LogP contribution is -2.18. The standard InChI is InChI=1S/C19H14F2N2/c20-19(21)9-13-11-5-1-2-6-12(11)14(10-19)18-17(13)22-15-7-3-4-8-16(15)23-18/h1-8,13-14H,9-10H2. The molecule has 0 amide bonds. The van der Waals surface area contributed by atoms with Crippen molar-refractivity contribution in [2.24, 2.45) is 0 Å². The molecule has 2 aromatic carbocycles. The summed E-state index contributed by atoms with van der Waals surface area (Å²) in [4.78, 5) is 9.45. The molecule has 23 heavy (non-hydrogen) atoms. The zero-order valence-corrected chi connectivity index (χ0v) is 12.3. The van der Waals surface area contributed by atoms with Gasteiger partial charge in [-0.3, -0.25) is 0 Å². The summed E-state index contributed by atoms with van der Waals surface area (Å²) in [7, 11) is 0. The summed E-state index contributed by atoms with van der Waals surface area (Å²) in [6, 6.07) is 15.4. The Hall–Kier alpha value is -2.36. The highest BCUT2D eigenvalue weighted by Gasteiger charge is 2.48. The van der Waals surface area contributed by atoms with Gasteiger partial charge >= 0.3 is 0 Å². The highest BCUT2D eigenvalue weighted by atomic mass is 19.3. The van der Waals surface area contributed by atoms with Crippen LogP contribution in [0.2, 0.25) is 0 Å². The molecule has 3 aromatic rings. The van der Waals surface area contributed by atoms with E-state index in [0.29, 0.717) is 0 Å². The van der Waals surface area contributed by atoms with E-state index < -0.39 is 5.92 Å². The highest BCUT2D eigenvalue weighted by Crippen LogP contribution is 2.53. The van der Waals surface area contributed by atoms with Crippen LogP contribution in [-0.2, 0) is 0 Å². The van der Waals surface area contributed by atoms with E-state index in [-0.39, 0.29) is 24.7 Å². The normalized spacial score (nSPS) is 24.1. The van der Waals surface area contributed by atoms with Gasteiger partial charge in [0.15, 0.2) is 0 Å². The van der Waals surface area contributed by atoms with Crippen LogP contribution in [0.25, 0.3) is 11.0 Å². The zero-order chi connectivity index (χ0) is 15.6. The van der Waals surface area contributed by atoms with E-state index in [2.05, 4.69) is 0 Å². The number of halogens is 2. The molecule has 114 valence electrons. The Kier molecular flexibility index (Phi) is 2.48. The minimum Gasteiger partial charge on any atom is -0.249 e. The molecule has 0 saturated carbocycles. The van der Waals surface area contributed by atoms with E-state index in [4.69, 9.17) is 9.97 Å². The molecular formula is C19H14F2N2. The predicted octanol–water partition coefficient (Wildman–Crippen LogP) is 4.64. The second-order valence-corrected chi connectivity index (χ2v) is 6.48. The summed E-state index contributed by atoms with van der Waals surface area (Å²) >= 11 is 0. The molecule has 2 bridgehead atoms. The van der Waals surface area contributed by atoms with Gasteiger partial charge in [-0.2, -0.15) is 0 Å². The van der Waals surface area contributed by atoms with Crippen molar-refractivity contribution in [2.45, 2.75) is 30.6 Å². The van der Waals surface area contributed by atoms with Crippen molar-refractivity contribution in [3.05, 3.63) is 71.0 Å². The minimum absolute atomic E-state index is 0.180. The molecule has 0 fully saturated rings. The van der Waals surface area contributed by atoms with E-state index in [9.17, 15) is 8.78 Å². The van der Waals surface area contributed by atoms with Gasteiger partial charge in [0, 0.05) is 24.7 Å². The molecular weight excluding hydrogens is 294 g/mol. The average Bonchev–Trinajstić information content (AvgIpc) is 2.75. The number of benzene rings is 2. The van der Waals surface area contributed by atoms with Crippen molar-refractivity contribution < 1.29 is 8.78 Å². The Bertz CT molecular complexity index is 862. The zero-order valence-electron chi connectivity index (χ0n) is 12.3. The number of rotatable bonds is 0. The van der Waals surface area contributed by atoms with Crippen LogP contribution in [0.15, 0.2) is 48.5 Å². The lowest BCUT2D eigenvalue weighted by atomic mass is 9.78. The number of aromatic nitrogens is 2. The molecule has 0 spiro atoms. The van der Waals surface area contributed by atoms with Crippen molar-refractivity contribution in [1.82, 2.24) is 9.97 Å². The molecule has 2 atom stereocenters. The fourth-order valence-electron chi connectivity index (χ4n) is 4.07. The predicted molar refractivity (Wildman–Crippen MR) is 83.8 cm³/mol. The minimum atomic E-state index is -2.69. The molecule has 0 aliphatic heterocycles. The van der Waals surface area contributed by atoms with Crippen LogP contribution in [-0.4, -0.2) is 15.9 Å². The second-order valence-electron chi connectivity index (χ2n) is 6.48. The topological polar surface area (TPSA) is 25.8 Å². The van der Waals surface area contributed by atoms with Gasteiger partial charge in [-0.25, -0.2) is 18.7 Å². The lowest BCUT2D eigenvalue weighted by Gasteiger charge is -2.28. The Balaban J connectivity index is 1.85. The van der Waals surface area contributed by atoms with Crippen LogP contribution in [0, 0.1) is 0 Å². The van der Waals surface area contributed by atoms with Crippen LogP contribution in [0.5, 0.6) is 0 Å². The first-order valence-corrected chi connectivity index (χ1v) is 7.86. The molecule has 0 radical (unpaired) electrons. The van der Waals surface area contributed by atoms with Gasteiger partial charge in [0.2, 0.25) is 5.92 Å². The first-order valence-electron chi connectivity index (χ1n) is 7.86. The van der Waals surface area contributed by atoms with Crippen molar-refractivity contribution in [1.29, 1.82) is 0 Å². The van der Waals surface area contributed by atoms with Crippen molar-refractivity contribution >= 4 is 11.0 Å². The Morgan fingerprint density at radius 3 is 1.65 bits per heavy atom. The molecule has 1 heterocycles. The molecule has 0 N–H and O–H groups in total.